The van der Waals surface area contributed by atoms with Crippen molar-refractivity contribution in [2.45, 2.75) is 99.2 Å². The van der Waals surface area contributed by atoms with Gasteiger partial charge in [-0.3, -0.25) is 4.79 Å². The maximum absolute atomic E-state index is 12.0. The van der Waals surface area contributed by atoms with Gasteiger partial charge in [-0.15, -0.1) is 0 Å². The third-order valence-electron chi connectivity index (χ3n) is 5.41. The van der Waals surface area contributed by atoms with E-state index in [1.54, 1.807) is 7.11 Å². The lowest BCUT2D eigenvalue weighted by Gasteiger charge is -2.29. The summed E-state index contributed by atoms with van der Waals surface area (Å²) in [4.78, 5) is 12.0. The summed E-state index contributed by atoms with van der Waals surface area (Å²) in [6.07, 6.45) is 4.06. The van der Waals surface area contributed by atoms with Crippen LogP contribution >= 0.6 is 0 Å². The summed E-state index contributed by atoms with van der Waals surface area (Å²) in [6, 6.07) is 0. The van der Waals surface area contributed by atoms with Gasteiger partial charge in [0.25, 0.3) is 0 Å². The summed E-state index contributed by atoms with van der Waals surface area (Å²) in [5.41, 5.74) is -0.426. The molecule has 0 aromatic carbocycles. The van der Waals surface area contributed by atoms with E-state index >= 15 is 0 Å². The molecule has 1 N–H and O–H groups in total. The lowest BCUT2D eigenvalue weighted by Crippen LogP contribution is -2.29. The molecule has 0 bridgehead atoms. The van der Waals surface area contributed by atoms with E-state index in [9.17, 15) is 9.90 Å². The molecule has 0 aromatic heterocycles. The summed E-state index contributed by atoms with van der Waals surface area (Å²) in [5, 5.41) is 10.8. The van der Waals surface area contributed by atoms with Gasteiger partial charge in [-0.2, -0.15) is 0 Å². The molecule has 0 aromatic rings. The Morgan fingerprint density at radius 2 is 1.45 bits per heavy atom. The molecule has 0 saturated carbocycles. The Morgan fingerprint density at radius 3 is 1.97 bits per heavy atom. The van der Waals surface area contributed by atoms with Crippen LogP contribution in [0, 0.1) is 29.6 Å². The molecule has 0 unspecified atom stereocenters. The number of hydrogen-bond acceptors (Lipinski definition) is 5. The first kappa shape index (κ1) is 28.4. The van der Waals surface area contributed by atoms with Gasteiger partial charge < -0.3 is 19.3 Å². The quantitative estimate of drug-likeness (QED) is 0.219. The standard InChI is InChI=1S/C24H48O5/c1-17(10-11-28-16-27-9)13-20(4)23(26)21(5)14-18(2)12-19(3)15-22(25)29-24(6,7)8/h17-21,23,26H,10-16H2,1-9H3/t17-,18-,19+,20+,21-,23+/m1/s1. The molecule has 6 atom stereocenters. The van der Waals surface area contributed by atoms with Crippen LogP contribution in [0.5, 0.6) is 0 Å². The van der Waals surface area contributed by atoms with Crippen molar-refractivity contribution in [2.24, 2.45) is 29.6 Å². The largest absolute Gasteiger partial charge is 0.460 e. The maximum Gasteiger partial charge on any atom is 0.306 e. The number of rotatable bonds is 15. The highest BCUT2D eigenvalue weighted by atomic mass is 16.7. The zero-order valence-electron chi connectivity index (χ0n) is 20.5. The fraction of sp³-hybridized carbons (Fsp3) is 0.958. The van der Waals surface area contributed by atoms with E-state index < -0.39 is 5.60 Å². The second-order valence-corrected chi connectivity index (χ2v) is 10.4. The van der Waals surface area contributed by atoms with Crippen molar-refractivity contribution in [3.8, 4) is 0 Å². The minimum Gasteiger partial charge on any atom is -0.460 e. The summed E-state index contributed by atoms with van der Waals surface area (Å²) >= 11 is 0. The van der Waals surface area contributed by atoms with Crippen LogP contribution in [0.2, 0.25) is 0 Å². The normalized spacial score (nSPS) is 18.6. The van der Waals surface area contributed by atoms with Crippen molar-refractivity contribution < 1.29 is 24.1 Å². The van der Waals surface area contributed by atoms with Gasteiger partial charge in [0.1, 0.15) is 12.4 Å². The molecular weight excluding hydrogens is 368 g/mol. The van der Waals surface area contributed by atoms with Gasteiger partial charge in [0.05, 0.1) is 6.10 Å². The van der Waals surface area contributed by atoms with Crippen molar-refractivity contribution in [1.29, 1.82) is 0 Å². The Morgan fingerprint density at radius 1 is 0.897 bits per heavy atom. The maximum atomic E-state index is 12.0. The third kappa shape index (κ3) is 14.9. The fourth-order valence-electron chi connectivity index (χ4n) is 4.19. The van der Waals surface area contributed by atoms with E-state index in [0.717, 1.165) is 25.7 Å². The topological polar surface area (TPSA) is 65.0 Å². The SMILES string of the molecule is COCOCC[C@@H](C)C[C@H](C)[C@H](O)[C@H](C)C[C@H](C)C[C@H](C)CC(=O)OC(C)(C)C. The van der Waals surface area contributed by atoms with Gasteiger partial charge >= 0.3 is 5.97 Å². The summed E-state index contributed by atoms with van der Waals surface area (Å²) in [7, 11) is 1.63. The molecule has 29 heavy (non-hydrogen) atoms. The van der Waals surface area contributed by atoms with Gasteiger partial charge in [-0.1, -0.05) is 34.6 Å². The first-order chi connectivity index (χ1) is 13.4. The second kappa shape index (κ2) is 14.4. The molecule has 5 heteroatoms. The van der Waals surface area contributed by atoms with Gasteiger partial charge in [-0.25, -0.2) is 0 Å². The number of ether oxygens (including phenoxy) is 3. The van der Waals surface area contributed by atoms with Crippen LogP contribution in [0.1, 0.15) is 87.5 Å². The summed E-state index contributed by atoms with van der Waals surface area (Å²) in [6.45, 7) is 17.6. The summed E-state index contributed by atoms with van der Waals surface area (Å²) in [5.74, 6) is 1.63. The average molecular weight is 417 g/mol. The monoisotopic (exact) mass is 416 g/mol. The molecular formula is C24H48O5. The molecule has 174 valence electrons. The first-order valence-corrected chi connectivity index (χ1v) is 11.3. The van der Waals surface area contributed by atoms with Crippen molar-refractivity contribution in [2.75, 3.05) is 20.5 Å². The number of carbonyl (C=O) groups is 1. The zero-order valence-corrected chi connectivity index (χ0v) is 20.5. The third-order valence-corrected chi connectivity index (χ3v) is 5.41. The average Bonchev–Trinajstić information content (AvgIpc) is 2.55. The Bertz CT molecular complexity index is 431. The minimum absolute atomic E-state index is 0.123. The predicted molar refractivity (Wildman–Crippen MR) is 119 cm³/mol. The van der Waals surface area contributed by atoms with Crippen LogP contribution in [0.4, 0.5) is 0 Å². The van der Waals surface area contributed by atoms with Crippen LogP contribution in [0.3, 0.4) is 0 Å². The molecule has 0 aliphatic rings. The van der Waals surface area contributed by atoms with Gasteiger partial charge in [-0.05, 0) is 76.0 Å². The lowest BCUT2D eigenvalue weighted by atomic mass is 9.80. The first-order valence-electron chi connectivity index (χ1n) is 11.3. The van der Waals surface area contributed by atoms with E-state index in [-0.39, 0.29) is 29.8 Å². The van der Waals surface area contributed by atoms with Crippen molar-refractivity contribution in [1.82, 2.24) is 0 Å². The molecule has 0 saturated heterocycles. The van der Waals surface area contributed by atoms with Crippen LogP contribution in [-0.4, -0.2) is 43.3 Å². The van der Waals surface area contributed by atoms with E-state index in [1.807, 2.05) is 20.8 Å². The molecule has 0 radical (unpaired) electrons. The van der Waals surface area contributed by atoms with Gasteiger partial charge in [0.15, 0.2) is 0 Å². The van der Waals surface area contributed by atoms with Crippen molar-refractivity contribution in [3.63, 3.8) is 0 Å². The highest BCUT2D eigenvalue weighted by Crippen LogP contribution is 2.29. The molecule has 0 rings (SSSR count). The molecule has 0 aliphatic heterocycles. The van der Waals surface area contributed by atoms with E-state index in [0.29, 0.717) is 31.7 Å². The number of carbonyl (C=O) groups excluding carboxylic acids is 1. The van der Waals surface area contributed by atoms with Gasteiger partial charge in [0, 0.05) is 20.1 Å². The lowest BCUT2D eigenvalue weighted by molar-refractivity contribution is -0.155. The number of hydrogen-bond donors (Lipinski definition) is 1. The molecule has 0 aliphatic carbocycles. The van der Waals surface area contributed by atoms with Crippen molar-refractivity contribution >= 4 is 5.97 Å². The van der Waals surface area contributed by atoms with Crippen molar-refractivity contribution in [3.05, 3.63) is 0 Å². The molecule has 5 nitrogen and oxygen atoms in total. The van der Waals surface area contributed by atoms with Crippen LogP contribution < -0.4 is 0 Å². The number of methoxy groups -OCH3 is 1. The molecule has 0 heterocycles. The predicted octanol–water partition coefficient (Wildman–Crippen LogP) is 5.44. The Hall–Kier alpha value is -0.650. The van der Waals surface area contributed by atoms with Crippen LogP contribution in [-0.2, 0) is 19.0 Å². The van der Waals surface area contributed by atoms with Crippen LogP contribution in [0.25, 0.3) is 0 Å². The molecule has 0 amide bonds. The Labute approximate surface area is 179 Å². The Kier molecular flexibility index (Phi) is 14.0. The fourth-order valence-corrected chi connectivity index (χ4v) is 4.19. The minimum atomic E-state index is -0.426. The second-order valence-electron chi connectivity index (χ2n) is 10.4. The highest BCUT2D eigenvalue weighted by Gasteiger charge is 2.25. The number of esters is 1. The van der Waals surface area contributed by atoms with E-state index in [1.165, 1.54) is 0 Å². The summed E-state index contributed by atoms with van der Waals surface area (Å²) < 4.78 is 15.7. The Balaban J connectivity index is 4.26. The number of aliphatic hydroxyl groups excluding tert-OH is 1. The van der Waals surface area contributed by atoms with E-state index in [2.05, 4.69) is 34.6 Å². The van der Waals surface area contributed by atoms with Gasteiger partial charge in [0.2, 0.25) is 0 Å². The number of aliphatic hydroxyl groups is 1. The molecule has 0 spiro atoms. The smallest absolute Gasteiger partial charge is 0.306 e. The van der Waals surface area contributed by atoms with Crippen LogP contribution in [0.15, 0.2) is 0 Å². The zero-order chi connectivity index (χ0) is 22.6. The highest BCUT2D eigenvalue weighted by molar-refractivity contribution is 5.70. The molecule has 0 fully saturated rings. The van der Waals surface area contributed by atoms with E-state index in [4.69, 9.17) is 14.2 Å².